The normalized spacial score (nSPS) is 12.0. The third-order valence-electron chi connectivity index (χ3n) is 3.36. The van der Waals surface area contributed by atoms with Crippen molar-refractivity contribution in [3.8, 4) is 5.75 Å². The zero-order valence-corrected chi connectivity index (χ0v) is 12.5. The molecular formula is C18H21NO. The Bertz CT molecular complexity index is 619. The number of hydrogen-bond donors (Lipinski definition) is 1. The van der Waals surface area contributed by atoms with Crippen LogP contribution in [-0.4, -0.2) is 11.3 Å². The van der Waals surface area contributed by atoms with Crippen molar-refractivity contribution in [3.63, 3.8) is 0 Å². The van der Waals surface area contributed by atoms with Gasteiger partial charge in [-0.1, -0.05) is 45.0 Å². The van der Waals surface area contributed by atoms with Crippen molar-refractivity contribution in [2.75, 3.05) is 0 Å². The van der Waals surface area contributed by atoms with E-state index < -0.39 is 0 Å². The Morgan fingerprint density at radius 3 is 2.25 bits per heavy atom. The van der Waals surface area contributed by atoms with Gasteiger partial charge >= 0.3 is 0 Å². The lowest BCUT2D eigenvalue weighted by atomic mass is 9.87. The highest BCUT2D eigenvalue weighted by atomic mass is 16.3. The van der Waals surface area contributed by atoms with E-state index in [1.165, 1.54) is 5.56 Å². The van der Waals surface area contributed by atoms with Gasteiger partial charge in [-0.15, -0.1) is 0 Å². The molecule has 0 aromatic heterocycles. The fourth-order valence-electron chi connectivity index (χ4n) is 1.98. The Labute approximate surface area is 120 Å². The number of phenolic OH excluding ortho intramolecular Hbond substituents is 1. The van der Waals surface area contributed by atoms with Crippen molar-refractivity contribution in [2.24, 2.45) is 4.99 Å². The summed E-state index contributed by atoms with van der Waals surface area (Å²) in [5.74, 6) is 0.294. The maximum absolute atomic E-state index is 9.94. The van der Waals surface area contributed by atoms with Crippen molar-refractivity contribution in [1.29, 1.82) is 0 Å². The average Bonchev–Trinajstić information content (AvgIpc) is 2.40. The second-order valence-corrected chi connectivity index (χ2v) is 6.07. The van der Waals surface area contributed by atoms with Crippen LogP contribution < -0.4 is 0 Å². The highest BCUT2D eigenvalue weighted by Crippen LogP contribution is 2.25. The van der Waals surface area contributed by atoms with Crippen LogP contribution in [0.5, 0.6) is 5.75 Å². The van der Waals surface area contributed by atoms with E-state index in [0.717, 1.165) is 16.8 Å². The first-order valence-electron chi connectivity index (χ1n) is 6.81. The minimum Gasteiger partial charge on any atom is -0.507 e. The largest absolute Gasteiger partial charge is 0.507 e. The Balaban J connectivity index is 2.22. The highest BCUT2D eigenvalue weighted by Gasteiger charge is 2.12. The van der Waals surface area contributed by atoms with Crippen LogP contribution in [0, 0.1) is 6.92 Å². The summed E-state index contributed by atoms with van der Waals surface area (Å²) in [7, 11) is 0. The number of nitrogens with zero attached hydrogens (tertiary/aromatic N) is 1. The van der Waals surface area contributed by atoms with E-state index in [1.807, 2.05) is 37.3 Å². The van der Waals surface area contributed by atoms with E-state index in [9.17, 15) is 5.11 Å². The van der Waals surface area contributed by atoms with Gasteiger partial charge in [0.2, 0.25) is 0 Å². The van der Waals surface area contributed by atoms with Crippen molar-refractivity contribution in [1.82, 2.24) is 0 Å². The smallest absolute Gasteiger partial charge is 0.127 e. The highest BCUT2D eigenvalue weighted by molar-refractivity contribution is 5.85. The minimum atomic E-state index is 0.150. The number of hydrogen-bond acceptors (Lipinski definition) is 2. The van der Waals surface area contributed by atoms with Crippen molar-refractivity contribution in [2.45, 2.75) is 33.1 Å². The Hall–Kier alpha value is -2.09. The van der Waals surface area contributed by atoms with Crippen LogP contribution in [0.3, 0.4) is 0 Å². The molecule has 0 aliphatic heterocycles. The van der Waals surface area contributed by atoms with Gasteiger partial charge in [0.25, 0.3) is 0 Å². The molecule has 0 saturated carbocycles. The number of benzene rings is 2. The molecule has 0 bridgehead atoms. The predicted octanol–water partition coefficient (Wildman–Crippen LogP) is 4.75. The molecule has 2 aromatic rings. The van der Waals surface area contributed by atoms with Gasteiger partial charge in [0.15, 0.2) is 0 Å². The van der Waals surface area contributed by atoms with Gasteiger partial charge < -0.3 is 5.11 Å². The molecule has 2 rings (SSSR count). The molecule has 0 aliphatic carbocycles. The number of rotatable bonds is 2. The van der Waals surface area contributed by atoms with E-state index in [1.54, 1.807) is 6.21 Å². The molecule has 0 heterocycles. The lowest BCUT2D eigenvalue weighted by molar-refractivity contribution is 0.470. The molecule has 1 N–H and O–H groups in total. The Morgan fingerprint density at radius 1 is 1.00 bits per heavy atom. The van der Waals surface area contributed by atoms with Crippen LogP contribution in [0.15, 0.2) is 47.5 Å². The van der Waals surface area contributed by atoms with Gasteiger partial charge in [-0.25, -0.2) is 0 Å². The first kappa shape index (κ1) is 14.3. The molecule has 2 aromatic carbocycles. The van der Waals surface area contributed by atoms with Crippen molar-refractivity contribution in [3.05, 3.63) is 59.2 Å². The zero-order chi connectivity index (χ0) is 14.8. The number of aryl methyl sites for hydroxylation is 1. The lowest BCUT2D eigenvalue weighted by Crippen LogP contribution is -2.10. The van der Waals surface area contributed by atoms with Crippen LogP contribution in [0.1, 0.15) is 37.5 Å². The first-order valence-corrected chi connectivity index (χ1v) is 6.81. The number of aliphatic imine (C=N–C) groups is 1. The summed E-state index contributed by atoms with van der Waals surface area (Å²) < 4.78 is 0. The summed E-state index contributed by atoms with van der Waals surface area (Å²) in [6.07, 6.45) is 1.70. The van der Waals surface area contributed by atoms with Crippen molar-refractivity contribution >= 4 is 11.9 Å². The van der Waals surface area contributed by atoms with Crippen LogP contribution >= 0.6 is 0 Å². The van der Waals surface area contributed by atoms with Crippen LogP contribution in [0.4, 0.5) is 5.69 Å². The van der Waals surface area contributed by atoms with E-state index in [0.29, 0.717) is 5.75 Å². The lowest BCUT2D eigenvalue weighted by Gasteiger charge is -2.18. The van der Waals surface area contributed by atoms with Crippen LogP contribution in [-0.2, 0) is 5.41 Å². The van der Waals surface area contributed by atoms with Gasteiger partial charge in [0.1, 0.15) is 5.75 Å². The molecule has 2 heteroatoms. The van der Waals surface area contributed by atoms with Gasteiger partial charge in [0, 0.05) is 11.8 Å². The summed E-state index contributed by atoms with van der Waals surface area (Å²) in [5.41, 5.74) is 3.92. The van der Waals surface area contributed by atoms with Gasteiger partial charge in [0.05, 0.1) is 5.69 Å². The maximum atomic E-state index is 9.94. The fourth-order valence-corrected chi connectivity index (χ4v) is 1.98. The predicted molar refractivity (Wildman–Crippen MR) is 85.2 cm³/mol. The molecule has 2 nitrogen and oxygen atoms in total. The minimum absolute atomic E-state index is 0.150. The molecule has 0 amide bonds. The maximum Gasteiger partial charge on any atom is 0.127 e. The quantitative estimate of drug-likeness (QED) is 0.782. The molecule has 0 saturated heterocycles. The Kier molecular flexibility index (Phi) is 3.93. The third kappa shape index (κ3) is 3.27. The zero-order valence-electron chi connectivity index (χ0n) is 12.5. The van der Waals surface area contributed by atoms with Gasteiger partial charge in [-0.3, -0.25) is 4.99 Å². The molecule has 0 aliphatic rings. The number of para-hydroxylation sites is 1. The van der Waals surface area contributed by atoms with Crippen LogP contribution in [0.2, 0.25) is 0 Å². The molecule has 0 unspecified atom stereocenters. The average molecular weight is 267 g/mol. The molecule has 0 spiro atoms. The summed E-state index contributed by atoms with van der Waals surface area (Å²) in [6.45, 7) is 8.45. The fraction of sp³-hybridized carbons (Fsp3) is 0.278. The third-order valence-corrected chi connectivity index (χ3v) is 3.36. The molecule has 0 fully saturated rings. The SMILES string of the molecule is Cc1cccc(C=Nc2ccc(C(C)(C)C)cc2)c1O. The summed E-state index contributed by atoms with van der Waals surface area (Å²) >= 11 is 0. The second-order valence-electron chi connectivity index (χ2n) is 6.07. The first-order chi connectivity index (χ1) is 9.38. The number of phenols is 1. The second kappa shape index (κ2) is 5.49. The van der Waals surface area contributed by atoms with Gasteiger partial charge in [-0.05, 0) is 41.7 Å². The summed E-state index contributed by atoms with van der Waals surface area (Å²) in [4.78, 5) is 4.42. The van der Waals surface area contributed by atoms with E-state index in [2.05, 4.69) is 37.9 Å². The topological polar surface area (TPSA) is 32.6 Å². The van der Waals surface area contributed by atoms with E-state index in [-0.39, 0.29) is 5.41 Å². The monoisotopic (exact) mass is 267 g/mol. The molecular weight excluding hydrogens is 246 g/mol. The molecule has 0 radical (unpaired) electrons. The van der Waals surface area contributed by atoms with Crippen molar-refractivity contribution < 1.29 is 5.11 Å². The molecule has 104 valence electrons. The van der Waals surface area contributed by atoms with E-state index in [4.69, 9.17) is 0 Å². The summed E-state index contributed by atoms with van der Waals surface area (Å²) in [5, 5.41) is 9.94. The Morgan fingerprint density at radius 2 is 1.65 bits per heavy atom. The summed E-state index contributed by atoms with van der Waals surface area (Å²) in [6, 6.07) is 13.9. The van der Waals surface area contributed by atoms with E-state index >= 15 is 0 Å². The molecule has 0 atom stereocenters. The number of aromatic hydroxyl groups is 1. The van der Waals surface area contributed by atoms with Crippen LogP contribution in [0.25, 0.3) is 0 Å². The molecule has 20 heavy (non-hydrogen) atoms. The standard InChI is InChI=1S/C18H21NO/c1-13-6-5-7-14(17(13)20)12-19-16-10-8-15(9-11-16)18(2,3)4/h5-12,20H,1-4H3. The van der Waals surface area contributed by atoms with Gasteiger partial charge in [-0.2, -0.15) is 0 Å².